The van der Waals surface area contributed by atoms with E-state index < -0.39 is 5.60 Å². The van der Waals surface area contributed by atoms with Crippen LogP contribution in [0.4, 0.5) is 5.95 Å². The van der Waals surface area contributed by atoms with E-state index in [2.05, 4.69) is 15.6 Å². The second-order valence-corrected chi connectivity index (χ2v) is 9.84. The normalized spacial score (nSPS) is 38.9. The molecule has 7 heteroatoms. The zero-order chi connectivity index (χ0) is 18.9. The molecule has 1 saturated heterocycles. The van der Waals surface area contributed by atoms with E-state index in [9.17, 15) is 9.90 Å². The van der Waals surface area contributed by atoms with Crippen LogP contribution in [0.25, 0.3) is 0 Å². The Morgan fingerprint density at radius 1 is 1.18 bits per heavy atom. The third-order valence-corrected chi connectivity index (χ3v) is 7.54. The average molecular weight is 384 g/mol. The summed E-state index contributed by atoms with van der Waals surface area (Å²) in [5.41, 5.74) is 1.04. The van der Waals surface area contributed by atoms with Crippen LogP contribution >= 0.6 is 0 Å². The van der Waals surface area contributed by atoms with Crippen LogP contribution in [-0.2, 0) is 4.74 Å². The number of amides is 1. The Bertz CT molecular complexity index is 791. The molecular formula is C21H28N4O3. The molecule has 4 bridgehead atoms. The molecule has 0 radical (unpaired) electrons. The van der Waals surface area contributed by atoms with Gasteiger partial charge in [0.1, 0.15) is 0 Å². The van der Waals surface area contributed by atoms with Crippen LogP contribution in [0, 0.1) is 17.8 Å². The number of hydrogen-bond donors (Lipinski definition) is 3. The van der Waals surface area contributed by atoms with Crippen molar-refractivity contribution in [2.75, 3.05) is 18.5 Å². The number of nitrogens with zero attached hydrogens (tertiary/aromatic N) is 2. The van der Waals surface area contributed by atoms with Gasteiger partial charge < -0.3 is 20.5 Å². The minimum absolute atomic E-state index is 0.0371. The summed E-state index contributed by atoms with van der Waals surface area (Å²) in [4.78, 5) is 22.3. The maximum atomic E-state index is 13.2. The lowest BCUT2D eigenvalue weighted by atomic mass is 9.52. The molecule has 3 unspecified atom stereocenters. The van der Waals surface area contributed by atoms with Crippen LogP contribution in [0.1, 0.15) is 66.9 Å². The molecule has 1 aliphatic heterocycles. The van der Waals surface area contributed by atoms with Gasteiger partial charge in [-0.1, -0.05) is 0 Å². The van der Waals surface area contributed by atoms with Gasteiger partial charge in [0.05, 0.1) is 36.1 Å². The number of nitrogens with one attached hydrogen (secondary N) is 2. The van der Waals surface area contributed by atoms with Crippen molar-refractivity contribution in [2.24, 2.45) is 17.8 Å². The fraction of sp³-hybridized carbons (Fsp3) is 0.762. The van der Waals surface area contributed by atoms with Crippen LogP contribution in [0.2, 0.25) is 0 Å². The molecule has 6 fully saturated rings. The molecule has 7 nitrogen and oxygen atoms in total. The molecule has 5 saturated carbocycles. The van der Waals surface area contributed by atoms with Crippen LogP contribution in [-0.4, -0.2) is 51.9 Å². The Hall–Kier alpha value is -1.73. The fourth-order valence-corrected chi connectivity index (χ4v) is 6.26. The summed E-state index contributed by atoms with van der Waals surface area (Å²) in [6.45, 7) is 1.37. The standard InChI is InChI=1S/C21H28N4O3/c26-19(24-17-13-3-11-4-14(17)7-21(27,5-11)6-13)16-8-22-20(23-15-9-28-10-15)25-18(16)12-1-2-12/h8,11-15,17,27H,1-7,9-10H2,(H,24,26)(H,22,23,25)/t11?,13-,14+,17?,21?. The van der Waals surface area contributed by atoms with Crippen LogP contribution in [0.3, 0.4) is 0 Å². The highest BCUT2D eigenvalue weighted by Gasteiger charge is 2.55. The highest BCUT2D eigenvalue weighted by Crippen LogP contribution is 2.55. The Kier molecular flexibility index (Phi) is 3.76. The van der Waals surface area contributed by atoms with Gasteiger partial charge in [-0.15, -0.1) is 0 Å². The zero-order valence-electron chi connectivity index (χ0n) is 16.1. The minimum Gasteiger partial charge on any atom is -0.390 e. The maximum Gasteiger partial charge on any atom is 0.254 e. The smallest absolute Gasteiger partial charge is 0.254 e. The van der Waals surface area contributed by atoms with Crippen molar-refractivity contribution in [1.29, 1.82) is 0 Å². The van der Waals surface area contributed by atoms with Crippen molar-refractivity contribution in [2.45, 2.75) is 68.5 Å². The van der Waals surface area contributed by atoms with Gasteiger partial charge in [-0.05, 0) is 62.7 Å². The number of carbonyl (C=O) groups excluding carboxylic acids is 1. The van der Waals surface area contributed by atoms with E-state index in [4.69, 9.17) is 9.72 Å². The van der Waals surface area contributed by atoms with Crippen LogP contribution < -0.4 is 10.6 Å². The third-order valence-electron chi connectivity index (χ3n) is 7.54. The predicted octanol–water partition coefficient (Wildman–Crippen LogP) is 1.83. The summed E-state index contributed by atoms with van der Waals surface area (Å²) in [6.07, 6.45) is 8.79. The quantitative estimate of drug-likeness (QED) is 0.717. The molecule has 0 spiro atoms. The largest absolute Gasteiger partial charge is 0.390 e. The Morgan fingerprint density at radius 3 is 2.54 bits per heavy atom. The molecule has 1 amide bonds. The Balaban J connectivity index is 1.21. The van der Waals surface area contributed by atoms with Gasteiger partial charge in [-0.25, -0.2) is 9.97 Å². The maximum absolute atomic E-state index is 13.2. The van der Waals surface area contributed by atoms with Crippen molar-refractivity contribution in [3.8, 4) is 0 Å². The molecule has 150 valence electrons. The van der Waals surface area contributed by atoms with Crippen molar-refractivity contribution in [3.63, 3.8) is 0 Å². The van der Waals surface area contributed by atoms with E-state index in [0.717, 1.165) is 50.6 Å². The number of rotatable bonds is 5. The summed E-state index contributed by atoms with van der Waals surface area (Å²) in [5.74, 6) is 2.39. The molecule has 5 aliphatic carbocycles. The molecule has 1 aromatic heterocycles. The molecule has 2 heterocycles. The number of hydrogen-bond acceptors (Lipinski definition) is 6. The first kappa shape index (κ1) is 17.2. The lowest BCUT2D eigenvalue weighted by molar-refractivity contribution is -0.136. The zero-order valence-corrected chi connectivity index (χ0v) is 16.1. The van der Waals surface area contributed by atoms with Crippen molar-refractivity contribution in [3.05, 3.63) is 17.5 Å². The summed E-state index contributed by atoms with van der Waals surface area (Å²) < 4.78 is 5.20. The lowest BCUT2D eigenvalue weighted by Gasteiger charge is -2.58. The number of ether oxygens (including phenoxy) is 1. The molecule has 5 atom stereocenters. The molecule has 1 aromatic rings. The van der Waals surface area contributed by atoms with E-state index in [1.165, 1.54) is 0 Å². The Labute approximate surface area is 164 Å². The second-order valence-electron chi connectivity index (χ2n) is 9.84. The molecule has 7 rings (SSSR count). The number of aliphatic hydroxyl groups is 1. The summed E-state index contributed by atoms with van der Waals surface area (Å²) in [6, 6.07) is 0.451. The first-order valence-electron chi connectivity index (χ1n) is 10.8. The predicted molar refractivity (Wildman–Crippen MR) is 102 cm³/mol. The lowest BCUT2D eigenvalue weighted by Crippen LogP contribution is -2.61. The highest BCUT2D eigenvalue weighted by molar-refractivity contribution is 5.95. The number of aromatic nitrogens is 2. The summed E-state index contributed by atoms with van der Waals surface area (Å²) >= 11 is 0. The van der Waals surface area contributed by atoms with E-state index in [1.54, 1.807) is 6.20 Å². The first-order chi connectivity index (χ1) is 13.6. The minimum atomic E-state index is -0.474. The van der Waals surface area contributed by atoms with Gasteiger partial charge >= 0.3 is 0 Å². The monoisotopic (exact) mass is 384 g/mol. The number of carbonyl (C=O) groups is 1. The van der Waals surface area contributed by atoms with Gasteiger partial charge in [0.15, 0.2) is 0 Å². The van der Waals surface area contributed by atoms with E-state index in [-0.39, 0.29) is 18.0 Å². The van der Waals surface area contributed by atoms with Gasteiger partial charge in [0, 0.05) is 18.2 Å². The van der Waals surface area contributed by atoms with E-state index >= 15 is 0 Å². The molecular weight excluding hydrogens is 356 g/mol. The van der Waals surface area contributed by atoms with Gasteiger partial charge in [-0.2, -0.15) is 0 Å². The molecule has 3 N–H and O–H groups in total. The van der Waals surface area contributed by atoms with Crippen molar-refractivity contribution in [1.82, 2.24) is 15.3 Å². The first-order valence-corrected chi connectivity index (χ1v) is 10.8. The van der Waals surface area contributed by atoms with Crippen molar-refractivity contribution < 1.29 is 14.6 Å². The Morgan fingerprint density at radius 2 is 1.93 bits per heavy atom. The molecule has 28 heavy (non-hydrogen) atoms. The number of anilines is 1. The SMILES string of the molecule is O=C(NC1[C@@H]2CC3C[C@H]1CC(O)(C3)C2)c1cnc(NC2COC2)nc1C1CC1. The summed E-state index contributed by atoms with van der Waals surface area (Å²) in [7, 11) is 0. The topological polar surface area (TPSA) is 96.4 Å². The van der Waals surface area contributed by atoms with E-state index in [1.807, 2.05) is 0 Å². The van der Waals surface area contributed by atoms with Crippen LogP contribution in [0.5, 0.6) is 0 Å². The van der Waals surface area contributed by atoms with Gasteiger partial charge in [0.25, 0.3) is 5.91 Å². The molecule has 0 aromatic carbocycles. The average Bonchev–Trinajstić information content (AvgIpc) is 3.44. The van der Waals surface area contributed by atoms with E-state index in [0.29, 0.717) is 48.4 Å². The highest BCUT2D eigenvalue weighted by atomic mass is 16.5. The van der Waals surface area contributed by atoms with Crippen LogP contribution in [0.15, 0.2) is 6.20 Å². The molecule has 6 aliphatic rings. The van der Waals surface area contributed by atoms with Gasteiger partial charge in [-0.3, -0.25) is 4.79 Å². The fourth-order valence-electron chi connectivity index (χ4n) is 6.26. The van der Waals surface area contributed by atoms with Gasteiger partial charge in [0.2, 0.25) is 5.95 Å². The second kappa shape index (κ2) is 6.13. The third kappa shape index (κ3) is 2.90. The van der Waals surface area contributed by atoms with Crippen molar-refractivity contribution >= 4 is 11.9 Å². The summed E-state index contributed by atoms with van der Waals surface area (Å²) in [5, 5.41) is 17.4.